The maximum absolute atomic E-state index is 13.6. The van der Waals surface area contributed by atoms with E-state index in [1.165, 1.54) is 23.5 Å². The van der Waals surface area contributed by atoms with Crippen LogP contribution < -0.4 is 4.80 Å². The van der Waals surface area contributed by atoms with E-state index in [2.05, 4.69) is 18.8 Å². The van der Waals surface area contributed by atoms with Gasteiger partial charge in [-0.2, -0.15) is 16.8 Å². The molecule has 0 unspecified atom stereocenters. The Kier molecular flexibility index (Phi) is 6.78. The number of carbonyl (C=O) groups excluding carboxylic acids is 1. The van der Waals surface area contributed by atoms with Crippen molar-refractivity contribution < 1.29 is 9.18 Å². The molecule has 0 spiro atoms. The lowest BCUT2D eigenvalue weighted by atomic mass is 10.2. The summed E-state index contributed by atoms with van der Waals surface area (Å²) in [6, 6.07) is 12.2. The van der Waals surface area contributed by atoms with Crippen molar-refractivity contribution >= 4 is 51.0 Å². The molecule has 0 aliphatic carbocycles. The summed E-state index contributed by atoms with van der Waals surface area (Å²) in [6.07, 6.45) is 2.04. The standard InChI is InChI=1S/C20H21FN2OS3/c1-13(2)26-16-7-4-14(5-8-16)19(24)22-20-23(10-11-25-3)17-9-6-15(21)12-18(17)27-20/h4-9,12-13H,10-11H2,1-3H3. The van der Waals surface area contributed by atoms with E-state index in [1.54, 1.807) is 29.6 Å². The third-order valence-corrected chi connectivity index (χ3v) is 6.48. The molecule has 27 heavy (non-hydrogen) atoms. The molecule has 7 heteroatoms. The number of carbonyl (C=O) groups is 1. The molecule has 3 rings (SSSR count). The van der Waals surface area contributed by atoms with E-state index in [4.69, 9.17) is 0 Å². The van der Waals surface area contributed by atoms with Crippen LogP contribution in [0.5, 0.6) is 0 Å². The van der Waals surface area contributed by atoms with Crippen molar-refractivity contribution in [3.05, 3.63) is 58.6 Å². The van der Waals surface area contributed by atoms with Crippen molar-refractivity contribution in [2.75, 3.05) is 12.0 Å². The van der Waals surface area contributed by atoms with Crippen molar-refractivity contribution in [3.8, 4) is 0 Å². The van der Waals surface area contributed by atoms with Crippen LogP contribution in [0, 0.1) is 5.82 Å². The van der Waals surface area contributed by atoms with Crippen LogP contribution in [0.4, 0.5) is 4.39 Å². The van der Waals surface area contributed by atoms with E-state index in [-0.39, 0.29) is 11.7 Å². The molecule has 1 amide bonds. The predicted molar refractivity (Wildman–Crippen MR) is 115 cm³/mol. The second-order valence-electron chi connectivity index (χ2n) is 6.25. The number of hydrogen-bond acceptors (Lipinski definition) is 4. The summed E-state index contributed by atoms with van der Waals surface area (Å²) in [6.45, 7) is 5.00. The molecule has 0 radical (unpaired) electrons. The van der Waals surface area contributed by atoms with E-state index in [0.29, 0.717) is 15.6 Å². The second-order valence-corrected chi connectivity index (χ2v) is 9.89. The number of hydrogen-bond donors (Lipinski definition) is 0. The van der Waals surface area contributed by atoms with Gasteiger partial charge < -0.3 is 4.57 Å². The Morgan fingerprint density at radius 3 is 2.63 bits per heavy atom. The van der Waals surface area contributed by atoms with Crippen LogP contribution in [0.1, 0.15) is 24.2 Å². The zero-order valence-corrected chi connectivity index (χ0v) is 17.9. The molecule has 2 aromatic carbocycles. The monoisotopic (exact) mass is 420 g/mol. The summed E-state index contributed by atoms with van der Waals surface area (Å²) in [5.41, 5.74) is 1.47. The highest BCUT2D eigenvalue weighted by Crippen LogP contribution is 2.23. The average Bonchev–Trinajstić information content (AvgIpc) is 2.96. The summed E-state index contributed by atoms with van der Waals surface area (Å²) < 4.78 is 16.4. The number of halogens is 1. The van der Waals surface area contributed by atoms with Gasteiger partial charge in [-0.15, -0.1) is 11.8 Å². The molecule has 1 aromatic heterocycles. The quantitative estimate of drug-likeness (QED) is 0.498. The smallest absolute Gasteiger partial charge is 0.279 e. The van der Waals surface area contributed by atoms with E-state index in [9.17, 15) is 9.18 Å². The average molecular weight is 421 g/mol. The van der Waals surface area contributed by atoms with Gasteiger partial charge in [-0.25, -0.2) is 4.39 Å². The minimum atomic E-state index is -0.281. The lowest BCUT2D eigenvalue weighted by Gasteiger charge is -2.05. The van der Waals surface area contributed by atoms with E-state index in [1.807, 2.05) is 35.1 Å². The number of aromatic nitrogens is 1. The first-order valence-corrected chi connectivity index (χ1v) is 11.7. The fourth-order valence-electron chi connectivity index (χ4n) is 2.63. The number of benzene rings is 2. The zero-order chi connectivity index (χ0) is 19.4. The molecule has 0 saturated carbocycles. The van der Waals surface area contributed by atoms with Gasteiger partial charge in [0.2, 0.25) is 0 Å². The fraction of sp³-hybridized carbons (Fsp3) is 0.300. The first-order chi connectivity index (χ1) is 13.0. The summed E-state index contributed by atoms with van der Waals surface area (Å²) in [7, 11) is 0. The molecule has 0 aliphatic rings. The Hall–Kier alpha value is -1.57. The third kappa shape index (κ3) is 5.03. The predicted octanol–water partition coefficient (Wildman–Crippen LogP) is 5.45. The van der Waals surface area contributed by atoms with E-state index >= 15 is 0 Å². The molecule has 3 aromatic rings. The van der Waals surface area contributed by atoms with Crippen LogP contribution in [0.15, 0.2) is 52.4 Å². The normalized spacial score (nSPS) is 12.3. The van der Waals surface area contributed by atoms with Crippen molar-refractivity contribution in [2.24, 2.45) is 4.99 Å². The highest BCUT2D eigenvalue weighted by Gasteiger charge is 2.10. The van der Waals surface area contributed by atoms with Crippen LogP contribution in [-0.4, -0.2) is 27.7 Å². The van der Waals surface area contributed by atoms with Crippen molar-refractivity contribution in [1.82, 2.24) is 4.57 Å². The zero-order valence-electron chi connectivity index (χ0n) is 15.4. The topological polar surface area (TPSA) is 34.4 Å². The van der Waals surface area contributed by atoms with Gasteiger partial charge >= 0.3 is 0 Å². The largest absolute Gasteiger partial charge is 0.316 e. The number of fused-ring (bicyclic) bond motifs is 1. The van der Waals surface area contributed by atoms with Gasteiger partial charge in [-0.1, -0.05) is 25.2 Å². The third-order valence-electron chi connectivity index (χ3n) is 3.83. The Balaban J connectivity index is 1.97. The number of aryl methyl sites for hydroxylation is 1. The first-order valence-electron chi connectivity index (χ1n) is 8.61. The van der Waals surface area contributed by atoms with Crippen LogP contribution >= 0.6 is 34.9 Å². The van der Waals surface area contributed by atoms with Gasteiger partial charge in [0.25, 0.3) is 5.91 Å². The molecule has 0 fully saturated rings. The van der Waals surface area contributed by atoms with Gasteiger partial charge in [0.05, 0.1) is 10.2 Å². The molecular formula is C20H21FN2OS3. The summed E-state index contributed by atoms with van der Waals surface area (Å²) >= 11 is 4.82. The van der Waals surface area contributed by atoms with Gasteiger partial charge in [-0.05, 0) is 48.7 Å². The second kappa shape index (κ2) is 9.08. The molecule has 142 valence electrons. The van der Waals surface area contributed by atoms with Crippen molar-refractivity contribution in [3.63, 3.8) is 0 Å². The van der Waals surface area contributed by atoms with Crippen molar-refractivity contribution in [1.29, 1.82) is 0 Å². The van der Waals surface area contributed by atoms with Gasteiger partial charge in [0.15, 0.2) is 4.80 Å². The van der Waals surface area contributed by atoms with Crippen LogP contribution in [0.2, 0.25) is 0 Å². The lowest BCUT2D eigenvalue weighted by Crippen LogP contribution is -2.18. The molecule has 0 aliphatic heterocycles. The van der Waals surface area contributed by atoms with E-state index in [0.717, 1.165) is 27.4 Å². The lowest BCUT2D eigenvalue weighted by molar-refractivity contribution is 0.0998. The molecular weight excluding hydrogens is 399 g/mol. The first kappa shape index (κ1) is 20.2. The maximum atomic E-state index is 13.6. The SMILES string of the molecule is CSCCn1c(=NC(=O)c2ccc(SC(C)C)cc2)sc2cc(F)ccc21. The van der Waals surface area contributed by atoms with Crippen LogP contribution in [-0.2, 0) is 6.54 Å². The highest BCUT2D eigenvalue weighted by molar-refractivity contribution is 7.99. The minimum Gasteiger partial charge on any atom is -0.316 e. The van der Waals surface area contributed by atoms with Gasteiger partial charge in [-0.3, -0.25) is 4.79 Å². The molecule has 0 N–H and O–H groups in total. The van der Waals surface area contributed by atoms with Gasteiger partial charge in [0.1, 0.15) is 5.82 Å². The molecule has 3 nitrogen and oxygen atoms in total. The van der Waals surface area contributed by atoms with Crippen LogP contribution in [0.25, 0.3) is 10.2 Å². The number of thioether (sulfide) groups is 2. The highest BCUT2D eigenvalue weighted by atomic mass is 32.2. The molecule has 1 heterocycles. The molecule has 0 saturated heterocycles. The fourth-order valence-corrected chi connectivity index (χ4v) is 4.91. The Labute approximate surface area is 170 Å². The summed E-state index contributed by atoms with van der Waals surface area (Å²) in [4.78, 5) is 18.7. The van der Waals surface area contributed by atoms with E-state index < -0.39 is 0 Å². The maximum Gasteiger partial charge on any atom is 0.279 e. The Morgan fingerprint density at radius 2 is 1.96 bits per heavy atom. The van der Waals surface area contributed by atoms with Crippen molar-refractivity contribution in [2.45, 2.75) is 30.5 Å². The number of thiazole rings is 1. The minimum absolute atomic E-state index is 0.277. The number of amides is 1. The Bertz CT molecular complexity index is 1010. The van der Waals surface area contributed by atoms with Gasteiger partial charge in [0, 0.05) is 28.0 Å². The summed E-state index contributed by atoms with van der Waals surface area (Å²) in [5.74, 6) is 0.337. The molecule has 0 atom stereocenters. The van der Waals surface area contributed by atoms with Crippen LogP contribution in [0.3, 0.4) is 0 Å². The molecule has 0 bridgehead atoms. The Morgan fingerprint density at radius 1 is 1.22 bits per heavy atom. The number of rotatable bonds is 6. The number of nitrogens with zero attached hydrogens (tertiary/aromatic N) is 2. The summed E-state index contributed by atoms with van der Waals surface area (Å²) in [5, 5.41) is 0.491.